The summed E-state index contributed by atoms with van der Waals surface area (Å²) < 4.78 is 0. The smallest absolute Gasteiger partial charge is 0.00695 e. The minimum absolute atomic E-state index is 0.692. The fourth-order valence-corrected chi connectivity index (χ4v) is 1.51. The van der Waals surface area contributed by atoms with Crippen LogP contribution >= 0.6 is 0 Å². The highest BCUT2D eigenvalue weighted by Crippen LogP contribution is 2.18. The fraction of sp³-hybridized carbons (Fsp3) is 1.00. The molecule has 0 bridgehead atoms. The maximum Gasteiger partial charge on any atom is 0.00695 e. The van der Waals surface area contributed by atoms with Gasteiger partial charge in [-0.05, 0) is 46.8 Å². The summed E-state index contributed by atoms with van der Waals surface area (Å²) in [4.78, 5) is 2.25. The molecule has 1 rings (SSSR count). The molecule has 0 saturated heterocycles. The molecule has 12 heavy (non-hydrogen) atoms. The van der Waals surface area contributed by atoms with E-state index in [1.165, 1.54) is 32.2 Å². The monoisotopic (exact) mass is 170 g/mol. The van der Waals surface area contributed by atoms with Crippen LogP contribution in [0.15, 0.2) is 0 Å². The van der Waals surface area contributed by atoms with Crippen LogP contribution < -0.4 is 5.32 Å². The van der Waals surface area contributed by atoms with Crippen LogP contribution in [-0.4, -0.2) is 37.6 Å². The van der Waals surface area contributed by atoms with Crippen molar-refractivity contribution in [3.8, 4) is 0 Å². The van der Waals surface area contributed by atoms with Crippen molar-refractivity contribution in [1.82, 2.24) is 10.2 Å². The van der Waals surface area contributed by atoms with E-state index in [4.69, 9.17) is 0 Å². The Morgan fingerprint density at radius 2 is 2.08 bits per heavy atom. The van der Waals surface area contributed by atoms with Gasteiger partial charge < -0.3 is 10.2 Å². The van der Waals surface area contributed by atoms with Gasteiger partial charge in [-0.15, -0.1) is 0 Å². The maximum absolute atomic E-state index is 3.64. The third kappa shape index (κ3) is 3.55. The van der Waals surface area contributed by atoms with Crippen molar-refractivity contribution >= 4 is 0 Å². The molecule has 0 spiro atoms. The Kier molecular flexibility index (Phi) is 4.02. The molecule has 1 atom stereocenters. The zero-order chi connectivity index (χ0) is 8.97. The van der Waals surface area contributed by atoms with Crippen molar-refractivity contribution in [1.29, 1.82) is 0 Å². The largest absolute Gasteiger partial charge is 0.311 e. The van der Waals surface area contributed by atoms with Gasteiger partial charge >= 0.3 is 0 Å². The maximum atomic E-state index is 3.64. The molecule has 1 aliphatic carbocycles. The molecule has 0 aromatic rings. The number of hydrogen-bond donors (Lipinski definition) is 1. The van der Waals surface area contributed by atoms with Crippen molar-refractivity contribution in [2.75, 3.05) is 20.6 Å². The van der Waals surface area contributed by atoms with Crippen LogP contribution in [0.4, 0.5) is 0 Å². The molecule has 2 heteroatoms. The Morgan fingerprint density at radius 3 is 2.50 bits per heavy atom. The van der Waals surface area contributed by atoms with Gasteiger partial charge in [0.1, 0.15) is 0 Å². The molecule has 72 valence electrons. The first-order valence-corrected chi connectivity index (χ1v) is 5.09. The highest BCUT2D eigenvalue weighted by atomic mass is 15.1. The molecule has 1 unspecified atom stereocenters. The average Bonchev–Trinajstić information content (AvgIpc) is 1.93. The molecule has 0 aromatic carbocycles. The molecule has 0 amide bonds. The third-order valence-corrected chi connectivity index (χ3v) is 2.63. The zero-order valence-corrected chi connectivity index (χ0v) is 8.64. The van der Waals surface area contributed by atoms with Gasteiger partial charge in [0, 0.05) is 12.1 Å². The molecule has 0 aromatic heterocycles. The first-order valence-electron chi connectivity index (χ1n) is 5.09. The van der Waals surface area contributed by atoms with E-state index in [0.29, 0.717) is 6.04 Å². The van der Waals surface area contributed by atoms with Gasteiger partial charge in [-0.3, -0.25) is 0 Å². The van der Waals surface area contributed by atoms with Crippen molar-refractivity contribution in [3.05, 3.63) is 0 Å². The minimum Gasteiger partial charge on any atom is -0.311 e. The summed E-state index contributed by atoms with van der Waals surface area (Å²) in [5, 5.41) is 3.64. The van der Waals surface area contributed by atoms with Gasteiger partial charge in [-0.25, -0.2) is 0 Å². The van der Waals surface area contributed by atoms with Crippen LogP contribution in [0, 0.1) is 0 Å². The third-order valence-electron chi connectivity index (χ3n) is 2.63. The standard InChI is InChI=1S/C10H22N2/c1-9(7-8-12(2)3)11-10-5-4-6-10/h9-11H,4-8H2,1-3H3. The highest BCUT2D eigenvalue weighted by Gasteiger charge is 2.18. The Bertz CT molecular complexity index is 119. The Hall–Kier alpha value is -0.0800. The minimum atomic E-state index is 0.692. The van der Waals surface area contributed by atoms with E-state index >= 15 is 0 Å². The van der Waals surface area contributed by atoms with E-state index in [-0.39, 0.29) is 0 Å². The molecule has 1 N–H and O–H groups in total. The van der Waals surface area contributed by atoms with E-state index in [1.54, 1.807) is 0 Å². The van der Waals surface area contributed by atoms with Gasteiger partial charge in [0.2, 0.25) is 0 Å². The quantitative estimate of drug-likeness (QED) is 0.672. The summed E-state index contributed by atoms with van der Waals surface area (Å²) in [7, 11) is 4.27. The molecule has 1 aliphatic rings. The van der Waals surface area contributed by atoms with Crippen molar-refractivity contribution in [2.24, 2.45) is 0 Å². The van der Waals surface area contributed by atoms with Gasteiger partial charge in [-0.2, -0.15) is 0 Å². The first-order chi connectivity index (χ1) is 5.68. The number of hydrogen-bond acceptors (Lipinski definition) is 2. The number of rotatable bonds is 5. The van der Waals surface area contributed by atoms with E-state index in [2.05, 4.69) is 31.2 Å². The Labute approximate surface area is 76.3 Å². The van der Waals surface area contributed by atoms with Crippen molar-refractivity contribution in [3.63, 3.8) is 0 Å². The van der Waals surface area contributed by atoms with Crippen LogP contribution in [0.2, 0.25) is 0 Å². The lowest BCUT2D eigenvalue weighted by Crippen LogP contribution is -2.41. The van der Waals surface area contributed by atoms with E-state index in [0.717, 1.165) is 6.04 Å². The summed E-state index contributed by atoms with van der Waals surface area (Å²) in [6.45, 7) is 3.49. The SMILES string of the molecule is CC(CCN(C)C)NC1CCC1. The normalized spacial score (nSPS) is 21.0. The molecule has 0 radical (unpaired) electrons. The summed E-state index contributed by atoms with van der Waals surface area (Å²) in [5.41, 5.74) is 0. The molecule has 2 nitrogen and oxygen atoms in total. The number of nitrogens with one attached hydrogen (secondary N) is 1. The second kappa shape index (κ2) is 4.83. The molecule has 0 heterocycles. The summed E-state index contributed by atoms with van der Waals surface area (Å²) in [6.07, 6.45) is 5.49. The molecular formula is C10H22N2. The fourth-order valence-electron chi connectivity index (χ4n) is 1.51. The van der Waals surface area contributed by atoms with Crippen LogP contribution in [0.5, 0.6) is 0 Å². The van der Waals surface area contributed by atoms with Gasteiger partial charge in [0.05, 0.1) is 0 Å². The lowest BCUT2D eigenvalue weighted by atomic mass is 9.92. The van der Waals surface area contributed by atoms with Crippen LogP contribution in [0.1, 0.15) is 32.6 Å². The van der Waals surface area contributed by atoms with Gasteiger partial charge in [0.25, 0.3) is 0 Å². The molecule has 1 fully saturated rings. The summed E-state index contributed by atoms with van der Waals surface area (Å²) >= 11 is 0. The highest BCUT2D eigenvalue weighted by molar-refractivity contribution is 4.79. The van der Waals surface area contributed by atoms with Crippen LogP contribution in [-0.2, 0) is 0 Å². The van der Waals surface area contributed by atoms with Crippen LogP contribution in [0.25, 0.3) is 0 Å². The Balaban J connectivity index is 1.98. The second-order valence-corrected chi connectivity index (χ2v) is 4.29. The average molecular weight is 170 g/mol. The summed E-state index contributed by atoms with van der Waals surface area (Å²) in [5.74, 6) is 0. The van der Waals surface area contributed by atoms with Crippen molar-refractivity contribution < 1.29 is 0 Å². The van der Waals surface area contributed by atoms with Crippen molar-refractivity contribution in [2.45, 2.75) is 44.7 Å². The lowest BCUT2D eigenvalue weighted by molar-refractivity contribution is 0.287. The van der Waals surface area contributed by atoms with E-state index < -0.39 is 0 Å². The number of nitrogens with zero attached hydrogens (tertiary/aromatic N) is 1. The van der Waals surface area contributed by atoms with Crippen LogP contribution in [0.3, 0.4) is 0 Å². The van der Waals surface area contributed by atoms with E-state index in [1.807, 2.05) is 0 Å². The lowest BCUT2D eigenvalue weighted by Gasteiger charge is -2.30. The Morgan fingerprint density at radius 1 is 1.42 bits per heavy atom. The topological polar surface area (TPSA) is 15.3 Å². The first kappa shape index (κ1) is 10.0. The zero-order valence-electron chi connectivity index (χ0n) is 8.64. The molecular weight excluding hydrogens is 148 g/mol. The summed E-state index contributed by atoms with van der Waals surface area (Å²) in [6, 6.07) is 1.53. The molecule has 0 aliphatic heterocycles. The second-order valence-electron chi connectivity index (χ2n) is 4.29. The van der Waals surface area contributed by atoms with Gasteiger partial charge in [-0.1, -0.05) is 6.42 Å². The van der Waals surface area contributed by atoms with Gasteiger partial charge in [0.15, 0.2) is 0 Å². The predicted molar refractivity (Wildman–Crippen MR) is 53.4 cm³/mol. The van der Waals surface area contributed by atoms with E-state index in [9.17, 15) is 0 Å². The molecule has 1 saturated carbocycles. The predicted octanol–water partition coefficient (Wildman–Crippen LogP) is 1.47.